The summed E-state index contributed by atoms with van der Waals surface area (Å²) in [5.74, 6) is 0.168. The first kappa shape index (κ1) is 28.2. The van der Waals surface area contributed by atoms with Crippen molar-refractivity contribution in [1.82, 2.24) is 29.2 Å². The van der Waals surface area contributed by atoms with Crippen molar-refractivity contribution >= 4 is 17.8 Å². The molecule has 2 aromatic rings. The molecule has 5 N–H and O–H groups in total. The molecule has 216 valence electrons. The molecule has 3 saturated heterocycles. The molecule has 0 radical (unpaired) electrons. The van der Waals surface area contributed by atoms with E-state index in [0.717, 1.165) is 44.6 Å². The molecule has 3 amide bonds. The lowest BCUT2D eigenvalue weighted by molar-refractivity contribution is -0.140. The molecule has 0 spiro atoms. The monoisotopic (exact) mass is 551 g/mol. The second-order valence-corrected chi connectivity index (χ2v) is 11.8. The maximum absolute atomic E-state index is 13.0. The first-order valence-electron chi connectivity index (χ1n) is 14.1. The van der Waals surface area contributed by atoms with Crippen LogP contribution in [-0.4, -0.2) is 105 Å². The van der Waals surface area contributed by atoms with Crippen molar-refractivity contribution in [3.8, 4) is 5.69 Å². The summed E-state index contributed by atoms with van der Waals surface area (Å²) in [6, 6.07) is 9.72. The van der Waals surface area contributed by atoms with Gasteiger partial charge in [0.2, 0.25) is 5.91 Å². The zero-order valence-corrected chi connectivity index (χ0v) is 23.5. The van der Waals surface area contributed by atoms with E-state index in [0.29, 0.717) is 38.9 Å². The Bertz CT molecular complexity index is 1270. The molecular formula is C28H41N9O3. The maximum Gasteiger partial charge on any atom is 0.354 e. The summed E-state index contributed by atoms with van der Waals surface area (Å²) in [7, 11) is 0. The van der Waals surface area contributed by atoms with Gasteiger partial charge in [-0.25, -0.2) is 9.59 Å². The molecule has 0 saturated carbocycles. The SMILES string of the molecule is CC(C)(N)C(=O)N1CCN2CN(C(=O)Nc3ccn(-c4ccc(CN5CCC(N)CC5)cc4)c(=O)n3)CCC2C1. The molecule has 1 atom stereocenters. The minimum absolute atomic E-state index is 0.0489. The Balaban J connectivity index is 1.14. The van der Waals surface area contributed by atoms with Crippen LogP contribution < -0.4 is 22.5 Å². The van der Waals surface area contributed by atoms with Crippen LogP contribution in [0.5, 0.6) is 0 Å². The Labute approximate surface area is 234 Å². The third-order valence-electron chi connectivity index (χ3n) is 8.11. The number of nitrogens with two attached hydrogens (primary N) is 2. The predicted molar refractivity (Wildman–Crippen MR) is 153 cm³/mol. The molecule has 0 aliphatic carbocycles. The van der Waals surface area contributed by atoms with Crippen molar-refractivity contribution in [3.05, 3.63) is 52.6 Å². The highest BCUT2D eigenvalue weighted by molar-refractivity contribution is 5.88. The summed E-state index contributed by atoms with van der Waals surface area (Å²) in [5, 5.41) is 2.77. The van der Waals surface area contributed by atoms with Gasteiger partial charge in [0.25, 0.3) is 0 Å². The molecule has 3 aliphatic rings. The summed E-state index contributed by atoms with van der Waals surface area (Å²) >= 11 is 0. The molecule has 0 bridgehead atoms. The molecule has 1 aromatic carbocycles. The summed E-state index contributed by atoms with van der Waals surface area (Å²) in [5.41, 5.74) is 12.6. The number of piperazine rings is 1. The van der Waals surface area contributed by atoms with Crippen LogP contribution in [0, 0.1) is 0 Å². The highest BCUT2D eigenvalue weighted by Gasteiger charge is 2.37. The van der Waals surface area contributed by atoms with Crippen LogP contribution in [0.15, 0.2) is 41.3 Å². The van der Waals surface area contributed by atoms with Crippen molar-refractivity contribution < 1.29 is 9.59 Å². The largest absolute Gasteiger partial charge is 0.354 e. The first-order chi connectivity index (χ1) is 19.1. The van der Waals surface area contributed by atoms with E-state index < -0.39 is 11.2 Å². The maximum atomic E-state index is 13.0. The summed E-state index contributed by atoms with van der Waals surface area (Å²) < 4.78 is 1.47. The number of nitrogens with zero attached hydrogens (tertiary/aromatic N) is 6. The zero-order valence-electron chi connectivity index (χ0n) is 23.5. The number of fused-ring (bicyclic) bond motifs is 1. The van der Waals surface area contributed by atoms with Crippen LogP contribution in [0.25, 0.3) is 5.69 Å². The topological polar surface area (TPSA) is 146 Å². The molecule has 1 aromatic heterocycles. The third kappa shape index (κ3) is 6.52. The quantitative estimate of drug-likeness (QED) is 0.490. The van der Waals surface area contributed by atoms with Crippen molar-refractivity contribution in [1.29, 1.82) is 0 Å². The van der Waals surface area contributed by atoms with Gasteiger partial charge in [0, 0.05) is 51.0 Å². The lowest BCUT2D eigenvalue weighted by Crippen LogP contribution is -2.64. The number of amides is 3. The van der Waals surface area contributed by atoms with Crippen molar-refractivity contribution in [2.45, 2.75) is 57.3 Å². The van der Waals surface area contributed by atoms with Gasteiger partial charge in [-0.2, -0.15) is 4.98 Å². The van der Waals surface area contributed by atoms with Gasteiger partial charge in [0.05, 0.1) is 17.9 Å². The Morgan fingerprint density at radius 1 is 1.00 bits per heavy atom. The highest BCUT2D eigenvalue weighted by Crippen LogP contribution is 2.21. The number of carbonyl (C=O) groups excluding carboxylic acids is 2. The van der Waals surface area contributed by atoms with Gasteiger partial charge in [-0.1, -0.05) is 12.1 Å². The van der Waals surface area contributed by atoms with Gasteiger partial charge >= 0.3 is 11.7 Å². The number of benzene rings is 1. The Morgan fingerprint density at radius 2 is 1.73 bits per heavy atom. The van der Waals surface area contributed by atoms with E-state index in [9.17, 15) is 14.4 Å². The first-order valence-corrected chi connectivity index (χ1v) is 14.1. The Hall–Kier alpha value is -3.32. The molecule has 4 heterocycles. The fourth-order valence-corrected chi connectivity index (χ4v) is 5.69. The summed E-state index contributed by atoms with van der Waals surface area (Å²) in [6.45, 7) is 9.20. The zero-order chi connectivity index (χ0) is 28.4. The van der Waals surface area contributed by atoms with Crippen LogP contribution in [0.4, 0.5) is 10.6 Å². The van der Waals surface area contributed by atoms with Gasteiger partial charge in [0.15, 0.2) is 0 Å². The molecule has 12 nitrogen and oxygen atoms in total. The number of hydrogen-bond donors (Lipinski definition) is 3. The number of hydrogen-bond acceptors (Lipinski definition) is 8. The standard InChI is InChI=1S/C28H41N9O3/c1-28(2,30)25(38)34-15-16-35-19-36(13-9-23(35)18-34)26(39)31-24-10-14-37(27(40)32-24)22-5-3-20(4-6-22)17-33-11-7-21(29)8-12-33/h3-6,10,14,21,23H,7-9,11-13,15-19,29-30H2,1-2H3,(H,31,32,39,40). The predicted octanol–water partition coefficient (Wildman–Crippen LogP) is 0.601. The summed E-state index contributed by atoms with van der Waals surface area (Å²) in [6.07, 6.45) is 4.42. The number of anilines is 1. The number of rotatable bonds is 5. The molecule has 5 rings (SSSR count). The fourth-order valence-electron chi connectivity index (χ4n) is 5.69. The molecule has 1 unspecified atom stereocenters. The number of piperidine rings is 1. The number of likely N-dealkylation sites (tertiary alicyclic amines) is 1. The van der Waals surface area contributed by atoms with Gasteiger partial charge in [-0.15, -0.1) is 0 Å². The summed E-state index contributed by atoms with van der Waals surface area (Å²) in [4.78, 5) is 50.6. The average molecular weight is 552 g/mol. The molecule has 40 heavy (non-hydrogen) atoms. The van der Waals surface area contributed by atoms with E-state index >= 15 is 0 Å². The Kier molecular flexibility index (Phi) is 8.22. The van der Waals surface area contributed by atoms with Crippen LogP contribution in [-0.2, 0) is 11.3 Å². The molecular weight excluding hydrogens is 510 g/mol. The number of carbonyl (C=O) groups is 2. The molecule has 3 aliphatic heterocycles. The minimum Gasteiger partial charge on any atom is -0.338 e. The van der Waals surface area contributed by atoms with Crippen molar-refractivity contribution in [2.75, 3.05) is 51.3 Å². The van der Waals surface area contributed by atoms with E-state index in [4.69, 9.17) is 11.5 Å². The van der Waals surface area contributed by atoms with Crippen molar-refractivity contribution in [3.63, 3.8) is 0 Å². The normalized spacial score (nSPS) is 21.2. The van der Waals surface area contributed by atoms with Gasteiger partial charge < -0.3 is 21.3 Å². The second kappa shape index (κ2) is 11.7. The van der Waals surface area contributed by atoms with Crippen LogP contribution in [0.3, 0.4) is 0 Å². The minimum atomic E-state index is -0.893. The van der Waals surface area contributed by atoms with Gasteiger partial charge in [-0.3, -0.25) is 24.5 Å². The highest BCUT2D eigenvalue weighted by atomic mass is 16.2. The molecule has 3 fully saturated rings. The van der Waals surface area contributed by atoms with Crippen LogP contribution >= 0.6 is 0 Å². The third-order valence-corrected chi connectivity index (χ3v) is 8.11. The number of nitrogens with one attached hydrogen (secondary N) is 1. The fraction of sp³-hybridized carbons (Fsp3) is 0.571. The van der Waals surface area contributed by atoms with E-state index in [1.807, 2.05) is 29.2 Å². The number of aromatic nitrogens is 2. The van der Waals surface area contributed by atoms with Crippen molar-refractivity contribution in [2.24, 2.45) is 11.5 Å². The lowest BCUT2D eigenvalue weighted by Gasteiger charge is -2.48. The average Bonchev–Trinajstić information content (AvgIpc) is 2.93. The van der Waals surface area contributed by atoms with Gasteiger partial charge in [-0.05, 0) is 70.0 Å². The van der Waals surface area contributed by atoms with Gasteiger partial charge in [0.1, 0.15) is 5.82 Å². The second-order valence-electron chi connectivity index (χ2n) is 11.8. The van der Waals surface area contributed by atoms with E-state index in [1.54, 1.807) is 31.0 Å². The van der Waals surface area contributed by atoms with Crippen LogP contribution in [0.1, 0.15) is 38.7 Å². The smallest absolute Gasteiger partial charge is 0.338 e. The number of urea groups is 1. The van der Waals surface area contributed by atoms with E-state index in [2.05, 4.69) is 20.1 Å². The van der Waals surface area contributed by atoms with Crippen LogP contribution in [0.2, 0.25) is 0 Å². The Morgan fingerprint density at radius 3 is 2.40 bits per heavy atom. The molecule has 12 heteroatoms. The lowest BCUT2D eigenvalue weighted by atomic mass is 10.0. The van der Waals surface area contributed by atoms with E-state index in [-0.39, 0.29) is 23.8 Å². The van der Waals surface area contributed by atoms with E-state index in [1.165, 1.54) is 10.1 Å².